The Morgan fingerprint density at radius 3 is 2.89 bits per heavy atom. The van der Waals surface area contributed by atoms with Crippen molar-refractivity contribution in [1.29, 1.82) is 0 Å². The van der Waals surface area contributed by atoms with E-state index in [9.17, 15) is 8.78 Å². The number of nitrogens with zero attached hydrogens (tertiary/aromatic N) is 4. The Balaban J connectivity index is 1.64. The van der Waals surface area contributed by atoms with Crippen LogP contribution in [0.15, 0.2) is 47.2 Å². The molecule has 9 heteroatoms. The molecule has 0 spiro atoms. The van der Waals surface area contributed by atoms with Gasteiger partial charge in [-0.15, -0.1) is 11.3 Å². The summed E-state index contributed by atoms with van der Waals surface area (Å²) in [6, 6.07) is 9.15. The monoisotopic (exact) mass is 460 g/mol. The maximum atomic E-state index is 14.3. The largest absolute Gasteiger partial charge is 0.492 e. The molecule has 0 N–H and O–H groups in total. The normalized spacial score (nSPS) is 12.8. The minimum atomic E-state index is -0.714. The van der Waals surface area contributed by atoms with Crippen molar-refractivity contribution in [2.75, 3.05) is 6.61 Å². The molecule has 0 radical (unpaired) electrons. The van der Waals surface area contributed by atoms with Gasteiger partial charge in [0.2, 0.25) is 0 Å². The van der Waals surface area contributed by atoms with E-state index in [4.69, 9.17) is 9.72 Å². The van der Waals surface area contributed by atoms with Crippen molar-refractivity contribution in [2.45, 2.75) is 6.42 Å². The third-order valence-corrected chi connectivity index (χ3v) is 5.96. The first-order chi connectivity index (χ1) is 13.6. The van der Waals surface area contributed by atoms with Gasteiger partial charge in [-0.05, 0) is 30.3 Å². The van der Waals surface area contributed by atoms with Gasteiger partial charge in [0.25, 0.3) is 0 Å². The number of benzene rings is 2. The third-order valence-electron chi connectivity index (χ3n) is 4.36. The van der Waals surface area contributed by atoms with E-state index in [1.807, 2.05) is 18.2 Å². The molecule has 5 rings (SSSR count). The van der Waals surface area contributed by atoms with E-state index < -0.39 is 11.6 Å². The summed E-state index contributed by atoms with van der Waals surface area (Å²) in [6.07, 6.45) is 2.04. The standard InChI is InChI=1S/C19H11BrF2N4OS/c20-10-1-3-12-15(7-10)27-6-5-16-17(12)25-19(28-16)18-23-9-24-26(18)14-4-2-11(21)8-13(14)22/h1-4,7-9H,5-6H2. The van der Waals surface area contributed by atoms with Crippen LogP contribution < -0.4 is 4.74 Å². The first kappa shape index (κ1) is 17.4. The van der Waals surface area contributed by atoms with Crippen LogP contribution in [0, 0.1) is 11.6 Å². The zero-order valence-corrected chi connectivity index (χ0v) is 16.6. The fourth-order valence-electron chi connectivity index (χ4n) is 3.11. The van der Waals surface area contributed by atoms with E-state index in [-0.39, 0.29) is 5.69 Å². The molecule has 1 aliphatic rings. The van der Waals surface area contributed by atoms with Gasteiger partial charge in [0.05, 0.1) is 12.3 Å². The van der Waals surface area contributed by atoms with Gasteiger partial charge in [-0.3, -0.25) is 0 Å². The Hall–Kier alpha value is -2.65. The average Bonchev–Trinajstić information content (AvgIpc) is 3.26. The van der Waals surface area contributed by atoms with Crippen LogP contribution in [-0.4, -0.2) is 26.4 Å². The molecule has 2 aromatic heterocycles. The van der Waals surface area contributed by atoms with E-state index in [2.05, 4.69) is 26.0 Å². The molecule has 3 heterocycles. The van der Waals surface area contributed by atoms with Gasteiger partial charge >= 0.3 is 0 Å². The number of hydrogen-bond acceptors (Lipinski definition) is 5. The lowest BCUT2D eigenvalue weighted by Crippen LogP contribution is -2.02. The molecule has 0 fully saturated rings. The van der Waals surface area contributed by atoms with Gasteiger partial charge in [0.15, 0.2) is 16.6 Å². The van der Waals surface area contributed by atoms with Crippen molar-refractivity contribution in [2.24, 2.45) is 0 Å². The van der Waals surface area contributed by atoms with Crippen molar-refractivity contribution in [1.82, 2.24) is 19.7 Å². The molecule has 0 atom stereocenters. The Labute approximate surface area is 170 Å². The molecule has 0 saturated heterocycles. The summed E-state index contributed by atoms with van der Waals surface area (Å²) in [6.45, 7) is 0.539. The zero-order valence-electron chi connectivity index (χ0n) is 14.2. The number of thiazole rings is 1. The summed E-state index contributed by atoms with van der Waals surface area (Å²) in [4.78, 5) is 10.1. The quantitative estimate of drug-likeness (QED) is 0.420. The molecule has 1 aliphatic heterocycles. The van der Waals surface area contributed by atoms with Crippen LogP contribution in [0.25, 0.3) is 27.8 Å². The minimum absolute atomic E-state index is 0.118. The van der Waals surface area contributed by atoms with Crippen LogP contribution in [0.4, 0.5) is 8.78 Å². The molecule has 0 bridgehead atoms. The second-order valence-corrected chi connectivity index (χ2v) is 8.12. The molecule has 4 aromatic rings. The third kappa shape index (κ3) is 2.91. The first-order valence-electron chi connectivity index (χ1n) is 8.38. The summed E-state index contributed by atoms with van der Waals surface area (Å²) in [5.41, 5.74) is 1.85. The van der Waals surface area contributed by atoms with Crippen molar-refractivity contribution in [3.8, 4) is 33.5 Å². The van der Waals surface area contributed by atoms with Crippen LogP contribution in [0.1, 0.15) is 4.88 Å². The molecule has 28 heavy (non-hydrogen) atoms. The fraction of sp³-hybridized carbons (Fsp3) is 0.105. The highest BCUT2D eigenvalue weighted by Gasteiger charge is 2.24. The SMILES string of the molecule is Fc1ccc(-n2ncnc2-c2nc3c(s2)CCOc2cc(Br)ccc2-3)c(F)c1. The van der Waals surface area contributed by atoms with Crippen molar-refractivity contribution in [3.05, 3.63) is 63.7 Å². The van der Waals surface area contributed by atoms with Crippen LogP contribution in [0.5, 0.6) is 5.75 Å². The lowest BCUT2D eigenvalue weighted by Gasteiger charge is -2.07. The predicted octanol–water partition coefficient (Wildman–Crippen LogP) is 5.03. The van der Waals surface area contributed by atoms with Gasteiger partial charge in [0, 0.05) is 27.4 Å². The summed E-state index contributed by atoms with van der Waals surface area (Å²) in [5, 5.41) is 4.73. The summed E-state index contributed by atoms with van der Waals surface area (Å²) in [7, 11) is 0. The number of fused-ring (bicyclic) bond motifs is 3. The van der Waals surface area contributed by atoms with Gasteiger partial charge < -0.3 is 4.74 Å². The zero-order chi connectivity index (χ0) is 19.3. The maximum absolute atomic E-state index is 14.3. The molecule has 5 nitrogen and oxygen atoms in total. The second kappa shape index (κ2) is 6.75. The molecular weight excluding hydrogens is 450 g/mol. The van der Waals surface area contributed by atoms with E-state index >= 15 is 0 Å². The molecule has 0 unspecified atom stereocenters. The highest BCUT2D eigenvalue weighted by atomic mass is 79.9. The van der Waals surface area contributed by atoms with Crippen molar-refractivity contribution >= 4 is 27.3 Å². The van der Waals surface area contributed by atoms with Gasteiger partial charge in [-0.1, -0.05) is 15.9 Å². The molecule has 2 aromatic carbocycles. The summed E-state index contributed by atoms with van der Waals surface area (Å²) < 4.78 is 35.6. The number of ether oxygens (including phenoxy) is 1. The summed E-state index contributed by atoms with van der Waals surface area (Å²) >= 11 is 4.93. The number of rotatable bonds is 2. The fourth-order valence-corrected chi connectivity index (χ4v) is 4.49. The van der Waals surface area contributed by atoms with Gasteiger partial charge in [0.1, 0.15) is 23.6 Å². The smallest absolute Gasteiger partial charge is 0.192 e. The highest BCUT2D eigenvalue weighted by molar-refractivity contribution is 9.10. The van der Waals surface area contributed by atoms with Gasteiger partial charge in [-0.25, -0.2) is 23.4 Å². The van der Waals surface area contributed by atoms with Crippen molar-refractivity contribution in [3.63, 3.8) is 0 Å². The Morgan fingerprint density at radius 2 is 2.04 bits per heavy atom. The summed E-state index contributed by atoms with van der Waals surface area (Å²) in [5.74, 6) is -0.195. The minimum Gasteiger partial charge on any atom is -0.492 e. The number of hydrogen-bond donors (Lipinski definition) is 0. The van der Waals surface area contributed by atoms with Crippen LogP contribution >= 0.6 is 27.3 Å². The van der Waals surface area contributed by atoms with E-state index in [1.165, 1.54) is 34.5 Å². The Morgan fingerprint density at radius 1 is 1.14 bits per heavy atom. The highest BCUT2D eigenvalue weighted by Crippen LogP contribution is 2.41. The average molecular weight is 461 g/mol. The maximum Gasteiger partial charge on any atom is 0.192 e. The molecule has 140 valence electrons. The van der Waals surface area contributed by atoms with Gasteiger partial charge in [-0.2, -0.15) is 5.10 Å². The second-order valence-electron chi connectivity index (χ2n) is 6.12. The lowest BCUT2D eigenvalue weighted by molar-refractivity contribution is 0.327. The molecular formula is C19H11BrF2N4OS. The van der Waals surface area contributed by atoms with Crippen LogP contribution in [0.3, 0.4) is 0 Å². The molecule has 0 aliphatic carbocycles. The molecule has 0 amide bonds. The Kier molecular flexibility index (Phi) is 4.21. The topological polar surface area (TPSA) is 52.8 Å². The number of halogens is 3. The van der Waals surface area contributed by atoms with Crippen LogP contribution in [0.2, 0.25) is 0 Å². The molecule has 0 saturated carbocycles. The van der Waals surface area contributed by atoms with E-state index in [0.29, 0.717) is 23.9 Å². The Bertz CT molecular complexity index is 1210. The van der Waals surface area contributed by atoms with Crippen molar-refractivity contribution < 1.29 is 13.5 Å². The first-order valence-corrected chi connectivity index (χ1v) is 9.99. The lowest BCUT2D eigenvalue weighted by atomic mass is 10.1. The van der Waals surface area contributed by atoms with E-state index in [0.717, 1.165) is 32.4 Å². The number of aromatic nitrogens is 4. The predicted molar refractivity (Wildman–Crippen MR) is 105 cm³/mol. The van der Waals surface area contributed by atoms with E-state index in [1.54, 1.807) is 0 Å². The van der Waals surface area contributed by atoms with Crippen LogP contribution in [-0.2, 0) is 6.42 Å².